The van der Waals surface area contributed by atoms with E-state index in [0.717, 1.165) is 6.07 Å². The van der Waals surface area contributed by atoms with E-state index in [9.17, 15) is 12.8 Å². The summed E-state index contributed by atoms with van der Waals surface area (Å²) in [4.78, 5) is 0.100. The van der Waals surface area contributed by atoms with Crippen molar-refractivity contribution >= 4 is 15.7 Å². The minimum Gasteiger partial charge on any atom is -0.326 e. The molecule has 6 heteroatoms. The quantitative estimate of drug-likeness (QED) is 0.909. The first-order valence-corrected chi connectivity index (χ1v) is 7.49. The van der Waals surface area contributed by atoms with E-state index in [0.29, 0.717) is 11.1 Å². The van der Waals surface area contributed by atoms with Gasteiger partial charge >= 0.3 is 0 Å². The van der Waals surface area contributed by atoms with Crippen LogP contribution in [0.5, 0.6) is 0 Å². The maximum absolute atomic E-state index is 13.4. The van der Waals surface area contributed by atoms with Gasteiger partial charge in [0.15, 0.2) is 0 Å². The summed E-state index contributed by atoms with van der Waals surface area (Å²) in [5.74, 6) is -0.461. The number of benzene rings is 2. The van der Waals surface area contributed by atoms with E-state index in [-0.39, 0.29) is 17.1 Å². The fourth-order valence-electron chi connectivity index (χ4n) is 1.80. The van der Waals surface area contributed by atoms with Crippen molar-refractivity contribution in [2.75, 3.05) is 4.72 Å². The van der Waals surface area contributed by atoms with Gasteiger partial charge in [0.05, 0.1) is 10.6 Å². The number of nitrogens with two attached hydrogens (primary N) is 1. The lowest BCUT2D eigenvalue weighted by Crippen LogP contribution is -2.16. The van der Waals surface area contributed by atoms with Gasteiger partial charge in [-0.1, -0.05) is 24.3 Å². The van der Waals surface area contributed by atoms with Crippen LogP contribution in [0.2, 0.25) is 0 Å². The summed E-state index contributed by atoms with van der Waals surface area (Å²) in [6.07, 6.45) is 0. The van der Waals surface area contributed by atoms with Gasteiger partial charge < -0.3 is 5.73 Å². The van der Waals surface area contributed by atoms with E-state index in [1.54, 1.807) is 25.1 Å². The highest BCUT2D eigenvalue weighted by Crippen LogP contribution is 2.21. The lowest BCUT2D eigenvalue weighted by Gasteiger charge is -2.11. The Morgan fingerprint density at radius 3 is 2.55 bits per heavy atom. The van der Waals surface area contributed by atoms with Crippen LogP contribution in [-0.2, 0) is 16.6 Å². The van der Waals surface area contributed by atoms with E-state index in [2.05, 4.69) is 4.72 Å². The van der Waals surface area contributed by atoms with Crippen LogP contribution in [-0.4, -0.2) is 8.42 Å². The van der Waals surface area contributed by atoms with Crippen molar-refractivity contribution in [2.45, 2.75) is 18.4 Å². The molecular weight excluding hydrogens is 279 g/mol. The Bertz CT molecular complexity index is 730. The van der Waals surface area contributed by atoms with Gasteiger partial charge in [-0.25, -0.2) is 12.8 Å². The Morgan fingerprint density at radius 2 is 1.90 bits per heavy atom. The van der Waals surface area contributed by atoms with E-state index in [4.69, 9.17) is 5.73 Å². The third-order valence-electron chi connectivity index (χ3n) is 2.91. The predicted molar refractivity (Wildman–Crippen MR) is 76.3 cm³/mol. The Kier molecular flexibility index (Phi) is 4.06. The van der Waals surface area contributed by atoms with Crippen molar-refractivity contribution in [2.24, 2.45) is 5.73 Å². The molecule has 0 fully saturated rings. The Hall–Kier alpha value is -1.92. The second kappa shape index (κ2) is 5.60. The summed E-state index contributed by atoms with van der Waals surface area (Å²) in [6, 6.07) is 10.6. The minimum absolute atomic E-state index is 0.100. The average Bonchev–Trinajstić information content (AvgIpc) is 2.42. The zero-order valence-electron chi connectivity index (χ0n) is 10.9. The van der Waals surface area contributed by atoms with Crippen molar-refractivity contribution in [3.8, 4) is 0 Å². The normalized spacial score (nSPS) is 11.3. The van der Waals surface area contributed by atoms with Gasteiger partial charge in [-0.3, -0.25) is 4.72 Å². The van der Waals surface area contributed by atoms with Gasteiger partial charge in [0, 0.05) is 6.54 Å². The molecule has 0 heterocycles. The molecule has 2 aromatic rings. The molecule has 20 heavy (non-hydrogen) atoms. The number of nitrogens with one attached hydrogen (secondary N) is 1. The largest absolute Gasteiger partial charge is 0.326 e. The van der Waals surface area contributed by atoms with Crippen LogP contribution in [0.25, 0.3) is 0 Å². The molecule has 0 unspecified atom stereocenters. The predicted octanol–water partition coefficient (Wildman–Crippen LogP) is 2.39. The van der Waals surface area contributed by atoms with E-state index < -0.39 is 15.8 Å². The number of rotatable bonds is 4. The summed E-state index contributed by atoms with van der Waals surface area (Å²) in [7, 11) is -3.78. The number of sulfonamides is 1. The molecule has 0 radical (unpaired) electrons. The van der Waals surface area contributed by atoms with Gasteiger partial charge in [0.2, 0.25) is 0 Å². The first-order chi connectivity index (χ1) is 9.44. The molecule has 0 amide bonds. The standard InChI is InChI=1S/C14H15FN2O2S/c1-10-6-7-12(8-13(10)15)17-20(18,19)14-5-3-2-4-11(14)9-16/h2-8,17H,9,16H2,1H3. The van der Waals surface area contributed by atoms with E-state index in [1.165, 1.54) is 18.2 Å². The second-order valence-corrected chi connectivity index (χ2v) is 6.03. The number of aryl methyl sites for hydroxylation is 1. The molecule has 0 aliphatic heterocycles. The van der Waals surface area contributed by atoms with Crippen LogP contribution < -0.4 is 10.5 Å². The smallest absolute Gasteiger partial charge is 0.262 e. The molecule has 3 N–H and O–H groups in total. The Morgan fingerprint density at radius 1 is 1.20 bits per heavy atom. The average molecular weight is 294 g/mol. The Labute approximate surface area is 117 Å². The Balaban J connectivity index is 2.38. The van der Waals surface area contributed by atoms with Crippen LogP contribution in [0, 0.1) is 12.7 Å². The van der Waals surface area contributed by atoms with Gasteiger partial charge in [0.25, 0.3) is 10.0 Å². The zero-order valence-corrected chi connectivity index (χ0v) is 11.7. The summed E-state index contributed by atoms with van der Waals surface area (Å²) in [5, 5.41) is 0. The molecule has 0 aliphatic rings. The van der Waals surface area contributed by atoms with Gasteiger partial charge in [0.1, 0.15) is 5.82 Å². The molecular formula is C14H15FN2O2S. The molecule has 2 rings (SSSR count). The second-order valence-electron chi connectivity index (χ2n) is 4.38. The molecule has 0 saturated heterocycles. The van der Waals surface area contributed by atoms with Gasteiger partial charge in [-0.05, 0) is 36.2 Å². The number of anilines is 1. The maximum Gasteiger partial charge on any atom is 0.262 e. The highest BCUT2D eigenvalue weighted by Gasteiger charge is 2.17. The van der Waals surface area contributed by atoms with Crippen molar-refractivity contribution in [3.63, 3.8) is 0 Å². The number of hydrogen-bond donors (Lipinski definition) is 2. The van der Waals surface area contributed by atoms with Crippen LogP contribution in [0.15, 0.2) is 47.4 Å². The van der Waals surface area contributed by atoms with Crippen molar-refractivity contribution in [1.29, 1.82) is 0 Å². The molecule has 0 aliphatic carbocycles. The number of hydrogen-bond acceptors (Lipinski definition) is 3. The molecule has 0 atom stereocenters. The van der Waals surface area contributed by atoms with Crippen molar-refractivity contribution < 1.29 is 12.8 Å². The first kappa shape index (κ1) is 14.5. The monoisotopic (exact) mass is 294 g/mol. The molecule has 0 bridgehead atoms. The maximum atomic E-state index is 13.4. The summed E-state index contributed by atoms with van der Waals surface area (Å²) in [6.45, 7) is 1.72. The fraction of sp³-hybridized carbons (Fsp3) is 0.143. The lowest BCUT2D eigenvalue weighted by atomic mass is 10.2. The topological polar surface area (TPSA) is 72.2 Å². The van der Waals surface area contributed by atoms with Gasteiger partial charge in [-0.2, -0.15) is 0 Å². The third kappa shape index (κ3) is 2.97. The number of halogens is 1. The molecule has 0 spiro atoms. The third-order valence-corrected chi connectivity index (χ3v) is 4.39. The minimum atomic E-state index is -3.78. The summed E-state index contributed by atoms with van der Waals surface area (Å²) >= 11 is 0. The molecule has 0 saturated carbocycles. The molecule has 2 aromatic carbocycles. The van der Waals surface area contributed by atoms with Crippen LogP contribution in [0.1, 0.15) is 11.1 Å². The SMILES string of the molecule is Cc1ccc(NS(=O)(=O)c2ccccc2CN)cc1F. The molecule has 4 nitrogen and oxygen atoms in total. The zero-order chi connectivity index (χ0) is 14.8. The van der Waals surface area contributed by atoms with Crippen LogP contribution >= 0.6 is 0 Å². The molecule has 106 valence electrons. The van der Waals surface area contributed by atoms with Crippen molar-refractivity contribution in [1.82, 2.24) is 0 Å². The van der Waals surface area contributed by atoms with Crippen LogP contribution in [0.4, 0.5) is 10.1 Å². The summed E-state index contributed by atoms with van der Waals surface area (Å²) in [5.41, 5.74) is 6.67. The van der Waals surface area contributed by atoms with E-state index in [1.807, 2.05) is 0 Å². The fourth-order valence-corrected chi connectivity index (χ4v) is 3.10. The van der Waals surface area contributed by atoms with Crippen molar-refractivity contribution in [3.05, 3.63) is 59.4 Å². The van der Waals surface area contributed by atoms with Gasteiger partial charge in [-0.15, -0.1) is 0 Å². The highest BCUT2D eigenvalue weighted by atomic mass is 32.2. The van der Waals surface area contributed by atoms with Crippen LogP contribution in [0.3, 0.4) is 0 Å². The first-order valence-electron chi connectivity index (χ1n) is 6.01. The highest BCUT2D eigenvalue weighted by molar-refractivity contribution is 7.92. The summed E-state index contributed by atoms with van der Waals surface area (Å²) < 4.78 is 40.4. The molecule has 0 aromatic heterocycles. The lowest BCUT2D eigenvalue weighted by molar-refractivity contribution is 0.599. The van der Waals surface area contributed by atoms with E-state index >= 15 is 0 Å².